The van der Waals surface area contributed by atoms with E-state index < -0.39 is 0 Å². The zero-order valence-electron chi connectivity index (χ0n) is 11.3. The molecular formula is C14H16N6. The van der Waals surface area contributed by atoms with Crippen LogP contribution in [0.4, 0.5) is 5.82 Å². The number of aromatic nitrogens is 5. The fourth-order valence-electron chi connectivity index (χ4n) is 2.10. The molecular weight excluding hydrogens is 252 g/mol. The first kappa shape index (κ1) is 12.4. The van der Waals surface area contributed by atoms with Gasteiger partial charge in [-0.1, -0.05) is 6.92 Å². The van der Waals surface area contributed by atoms with Crippen molar-refractivity contribution in [3.63, 3.8) is 0 Å². The van der Waals surface area contributed by atoms with Crippen LogP contribution >= 0.6 is 0 Å². The standard InChI is InChI=1S/C14H16N6/c1-2-5-19-9-11(6-18-19)13-8-16-10-20(13)12-3-4-14(15)17-7-12/h3-4,6-10H,2,5H2,1H3,(H2,15,17). The number of anilines is 1. The topological polar surface area (TPSA) is 74.5 Å². The summed E-state index contributed by atoms with van der Waals surface area (Å²) in [5, 5.41) is 4.35. The molecule has 0 atom stereocenters. The lowest BCUT2D eigenvalue weighted by Crippen LogP contribution is -1.98. The van der Waals surface area contributed by atoms with Gasteiger partial charge in [-0.05, 0) is 18.6 Å². The summed E-state index contributed by atoms with van der Waals surface area (Å²) in [6.07, 6.45) is 10.3. The lowest BCUT2D eigenvalue weighted by Gasteiger charge is -2.06. The van der Waals surface area contributed by atoms with Crippen molar-refractivity contribution in [2.24, 2.45) is 0 Å². The summed E-state index contributed by atoms with van der Waals surface area (Å²) in [5.74, 6) is 0.506. The minimum atomic E-state index is 0.506. The van der Waals surface area contributed by atoms with Crippen LogP contribution in [0, 0.1) is 0 Å². The smallest absolute Gasteiger partial charge is 0.123 e. The molecule has 0 aliphatic heterocycles. The summed E-state index contributed by atoms with van der Waals surface area (Å²) < 4.78 is 3.91. The minimum Gasteiger partial charge on any atom is -0.384 e. The summed E-state index contributed by atoms with van der Waals surface area (Å²) in [4.78, 5) is 8.33. The summed E-state index contributed by atoms with van der Waals surface area (Å²) in [6.45, 7) is 3.04. The Balaban J connectivity index is 1.98. The molecule has 0 aliphatic rings. The lowest BCUT2D eigenvalue weighted by atomic mass is 10.2. The molecule has 6 heteroatoms. The van der Waals surface area contributed by atoms with Crippen molar-refractivity contribution in [1.82, 2.24) is 24.3 Å². The molecule has 3 rings (SSSR count). The second kappa shape index (κ2) is 5.16. The molecule has 6 nitrogen and oxygen atoms in total. The second-order valence-electron chi connectivity index (χ2n) is 4.58. The fourth-order valence-corrected chi connectivity index (χ4v) is 2.10. The molecule has 20 heavy (non-hydrogen) atoms. The Hall–Kier alpha value is -2.63. The van der Waals surface area contributed by atoms with Crippen molar-refractivity contribution < 1.29 is 0 Å². The van der Waals surface area contributed by atoms with E-state index in [9.17, 15) is 0 Å². The number of nitrogen functional groups attached to an aromatic ring is 1. The van der Waals surface area contributed by atoms with Crippen LogP contribution < -0.4 is 5.73 Å². The number of nitrogens with two attached hydrogens (primary N) is 1. The number of hydrogen-bond donors (Lipinski definition) is 1. The third kappa shape index (κ3) is 2.27. The molecule has 0 radical (unpaired) electrons. The first-order valence-corrected chi connectivity index (χ1v) is 6.55. The quantitative estimate of drug-likeness (QED) is 0.786. The highest BCUT2D eigenvalue weighted by atomic mass is 15.3. The average Bonchev–Trinajstić information content (AvgIpc) is 3.08. The van der Waals surface area contributed by atoms with Crippen LogP contribution in [0.3, 0.4) is 0 Å². The van der Waals surface area contributed by atoms with Crippen LogP contribution in [-0.2, 0) is 6.54 Å². The SMILES string of the molecule is CCCn1cc(-c2cncn2-c2ccc(N)nc2)cn1. The summed E-state index contributed by atoms with van der Waals surface area (Å²) in [6, 6.07) is 3.70. The molecule has 102 valence electrons. The Morgan fingerprint density at radius 1 is 1.20 bits per heavy atom. The fraction of sp³-hybridized carbons (Fsp3) is 0.214. The predicted molar refractivity (Wildman–Crippen MR) is 77.3 cm³/mol. The van der Waals surface area contributed by atoms with E-state index in [2.05, 4.69) is 22.0 Å². The van der Waals surface area contributed by atoms with Gasteiger partial charge in [0.15, 0.2) is 0 Å². The predicted octanol–water partition coefficient (Wildman–Crippen LogP) is 2.12. The van der Waals surface area contributed by atoms with Gasteiger partial charge in [0.1, 0.15) is 5.82 Å². The van der Waals surface area contributed by atoms with Crippen molar-refractivity contribution in [1.29, 1.82) is 0 Å². The minimum absolute atomic E-state index is 0.506. The Kier molecular flexibility index (Phi) is 3.20. The zero-order chi connectivity index (χ0) is 13.9. The molecule has 0 bridgehead atoms. The second-order valence-corrected chi connectivity index (χ2v) is 4.58. The maximum atomic E-state index is 5.62. The van der Waals surface area contributed by atoms with E-state index in [0.29, 0.717) is 5.82 Å². The molecule has 0 fully saturated rings. The van der Waals surface area contributed by atoms with Gasteiger partial charge in [-0.2, -0.15) is 5.10 Å². The van der Waals surface area contributed by atoms with Gasteiger partial charge in [-0.15, -0.1) is 0 Å². The first-order chi connectivity index (χ1) is 9.78. The van der Waals surface area contributed by atoms with Crippen molar-refractivity contribution in [3.8, 4) is 16.9 Å². The van der Waals surface area contributed by atoms with Crippen molar-refractivity contribution >= 4 is 5.82 Å². The highest BCUT2D eigenvalue weighted by Crippen LogP contribution is 2.22. The summed E-state index contributed by atoms with van der Waals surface area (Å²) in [5.41, 5.74) is 8.56. The Labute approximate surface area is 116 Å². The van der Waals surface area contributed by atoms with Crippen LogP contribution in [0.2, 0.25) is 0 Å². The number of aryl methyl sites for hydroxylation is 1. The monoisotopic (exact) mass is 268 g/mol. The number of nitrogens with zero attached hydrogens (tertiary/aromatic N) is 5. The van der Waals surface area contributed by atoms with E-state index in [1.54, 1.807) is 18.6 Å². The van der Waals surface area contributed by atoms with Crippen molar-refractivity contribution in [3.05, 3.63) is 43.2 Å². The molecule has 3 heterocycles. The first-order valence-electron chi connectivity index (χ1n) is 6.55. The van der Waals surface area contributed by atoms with E-state index in [0.717, 1.165) is 29.9 Å². The van der Waals surface area contributed by atoms with Crippen molar-refractivity contribution in [2.45, 2.75) is 19.9 Å². The third-order valence-corrected chi connectivity index (χ3v) is 3.07. The van der Waals surface area contributed by atoms with Gasteiger partial charge in [0, 0.05) is 18.3 Å². The van der Waals surface area contributed by atoms with Gasteiger partial charge in [0.25, 0.3) is 0 Å². The van der Waals surface area contributed by atoms with Gasteiger partial charge in [-0.3, -0.25) is 9.25 Å². The Bertz CT molecular complexity index is 695. The molecule has 0 aliphatic carbocycles. The maximum absolute atomic E-state index is 5.62. The number of pyridine rings is 1. The van der Waals surface area contributed by atoms with Crippen LogP contribution in [-0.4, -0.2) is 24.3 Å². The van der Waals surface area contributed by atoms with Crippen LogP contribution in [0.15, 0.2) is 43.2 Å². The third-order valence-electron chi connectivity index (χ3n) is 3.07. The van der Waals surface area contributed by atoms with Gasteiger partial charge >= 0.3 is 0 Å². The molecule has 0 saturated heterocycles. The van der Waals surface area contributed by atoms with Gasteiger partial charge < -0.3 is 5.73 Å². The number of hydrogen-bond acceptors (Lipinski definition) is 4. The number of imidazole rings is 1. The molecule has 0 aromatic carbocycles. The van der Waals surface area contributed by atoms with Gasteiger partial charge in [-0.25, -0.2) is 9.97 Å². The van der Waals surface area contributed by atoms with Crippen LogP contribution in [0.1, 0.15) is 13.3 Å². The van der Waals surface area contributed by atoms with E-state index in [-0.39, 0.29) is 0 Å². The molecule has 3 aromatic rings. The molecule has 0 unspecified atom stereocenters. The van der Waals surface area contributed by atoms with Crippen LogP contribution in [0.5, 0.6) is 0 Å². The van der Waals surface area contributed by atoms with Crippen LogP contribution in [0.25, 0.3) is 16.9 Å². The molecule has 0 saturated carbocycles. The average molecular weight is 268 g/mol. The van der Waals surface area contributed by atoms with Gasteiger partial charge in [0.2, 0.25) is 0 Å². The van der Waals surface area contributed by atoms with E-state index >= 15 is 0 Å². The largest absolute Gasteiger partial charge is 0.384 e. The highest BCUT2D eigenvalue weighted by molar-refractivity contribution is 5.60. The van der Waals surface area contributed by atoms with Gasteiger partial charge in [0.05, 0.1) is 36.3 Å². The normalized spacial score (nSPS) is 10.8. The molecule has 0 amide bonds. The highest BCUT2D eigenvalue weighted by Gasteiger charge is 2.09. The summed E-state index contributed by atoms with van der Waals surface area (Å²) in [7, 11) is 0. The molecule has 3 aromatic heterocycles. The van der Waals surface area contributed by atoms with E-state index in [1.807, 2.05) is 33.9 Å². The Morgan fingerprint density at radius 3 is 2.85 bits per heavy atom. The Morgan fingerprint density at radius 2 is 2.10 bits per heavy atom. The van der Waals surface area contributed by atoms with E-state index in [1.165, 1.54) is 0 Å². The molecule has 0 spiro atoms. The number of rotatable bonds is 4. The molecule has 2 N–H and O–H groups in total. The summed E-state index contributed by atoms with van der Waals surface area (Å²) >= 11 is 0. The van der Waals surface area contributed by atoms with Crippen molar-refractivity contribution in [2.75, 3.05) is 5.73 Å². The lowest BCUT2D eigenvalue weighted by molar-refractivity contribution is 0.603. The zero-order valence-corrected chi connectivity index (χ0v) is 11.3. The van der Waals surface area contributed by atoms with E-state index in [4.69, 9.17) is 5.73 Å². The maximum Gasteiger partial charge on any atom is 0.123 e.